The third-order valence-electron chi connectivity index (χ3n) is 4.18. The largest absolute Gasteiger partial charge is 0.481 e. The summed E-state index contributed by atoms with van der Waals surface area (Å²) < 4.78 is 1.70. The lowest BCUT2D eigenvalue weighted by Crippen LogP contribution is -2.17. The van der Waals surface area contributed by atoms with Crippen LogP contribution in [0.15, 0.2) is 24.5 Å². The maximum Gasteiger partial charge on any atom is 0.356 e. The van der Waals surface area contributed by atoms with Gasteiger partial charge in [-0.3, -0.25) is 14.5 Å². The van der Waals surface area contributed by atoms with Crippen LogP contribution in [0.25, 0.3) is 0 Å². The molecule has 0 fully saturated rings. The van der Waals surface area contributed by atoms with Crippen LogP contribution in [0.2, 0.25) is 0 Å². The number of hydrogen-bond acceptors (Lipinski definition) is 4. The van der Waals surface area contributed by atoms with Crippen LogP contribution in [0.1, 0.15) is 52.5 Å². The van der Waals surface area contributed by atoms with Crippen molar-refractivity contribution in [1.29, 1.82) is 0 Å². The van der Waals surface area contributed by atoms with E-state index in [1.54, 1.807) is 17.1 Å². The van der Waals surface area contributed by atoms with Gasteiger partial charge in [-0.1, -0.05) is 0 Å². The van der Waals surface area contributed by atoms with Gasteiger partial charge in [-0.05, 0) is 42.9 Å². The van der Waals surface area contributed by atoms with Gasteiger partial charge < -0.3 is 10.2 Å². The minimum atomic E-state index is -1.10. The van der Waals surface area contributed by atoms with Gasteiger partial charge in [0, 0.05) is 23.7 Å². The van der Waals surface area contributed by atoms with Crippen molar-refractivity contribution in [1.82, 2.24) is 14.8 Å². The zero-order chi connectivity index (χ0) is 16.4. The molecule has 0 aliphatic heterocycles. The molecule has 0 radical (unpaired) electrons. The molecule has 1 atom stereocenters. The van der Waals surface area contributed by atoms with Crippen molar-refractivity contribution < 1.29 is 19.8 Å². The van der Waals surface area contributed by atoms with E-state index in [-0.39, 0.29) is 18.0 Å². The summed E-state index contributed by atoms with van der Waals surface area (Å²) in [7, 11) is 0. The molecule has 23 heavy (non-hydrogen) atoms. The van der Waals surface area contributed by atoms with Gasteiger partial charge >= 0.3 is 11.9 Å². The van der Waals surface area contributed by atoms with Gasteiger partial charge in [0.15, 0.2) is 5.69 Å². The SMILES string of the molecule is O=C(O)CC1CCCc2c1c(C(=O)O)nn2Cc1ccncc1. The van der Waals surface area contributed by atoms with E-state index in [4.69, 9.17) is 5.11 Å². The predicted octanol–water partition coefficient (Wildman–Crippen LogP) is 1.92. The third-order valence-corrected chi connectivity index (χ3v) is 4.18. The van der Waals surface area contributed by atoms with E-state index in [9.17, 15) is 14.7 Å². The Labute approximate surface area is 132 Å². The summed E-state index contributed by atoms with van der Waals surface area (Å²) in [5.41, 5.74) is 2.40. The number of fused-ring (bicyclic) bond motifs is 1. The maximum atomic E-state index is 11.5. The number of carboxylic acids is 2. The maximum absolute atomic E-state index is 11.5. The Kier molecular flexibility index (Phi) is 4.10. The number of aliphatic carboxylic acids is 1. The number of carbonyl (C=O) groups is 2. The van der Waals surface area contributed by atoms with Gasteiger partial charge in [0.25, 0.3) is 0 Å². The normalized spacial score (nSPS) is 16.8. The zero-order valence-electron chi connectivity index (χ0n) is 12.5. The second-order valence-electron chi connectivity index (χ2n) is 5.71. The van der Waals surface area contributed by atoms with Crippen LogP contribution in [-0.4, -0.2) is 36.9 Å². The van der Waals surface area contributed by atoms with Crippen molar-refractivity contribution in [2.75, 3.05) is 0 Å². The topological polar surface area (TPSA) is 105 Å². The Bertz CT molecular complexity index is 739. The number of pyridine rings is 1. The number of aromatic nitrogens is 3. The minimum absolute atomic E-state index is 0.0139. The predicted molar refractivity (Wildman–Crippen MR) is 80.5 cm³/mol. The fourth-order valence-electron chi connectivity index (χ4n) is 3.23. The highest BCUT2D eigenvalue weighted by molar-refractivity contribution is 5.88. The minimum Gasteiger partial charge on any atom is -0.481 e. The Morgan fingerprint density at radius 2 is 2.00 bits per heavy atom. The molecule has 1 unspecified atom stereocenters. The number of nitrogens with zero attached hydrogens (tertiary/aromatic N) is 3. The van der Waals surface area contributed by atoms with Gasteiger partial charge in [0.1, 0.15) is 0 Å². The molecule has 2 N–H and O–H groups in total. The first-order chi connectivity index (χ1) is 11.1. The molecule has 2 heterocycles. The summed E-state index contributed by atoms with van der Waals surface area (Å²) in [6.07, 6.45) is 5.53. The summed E-state index contributed by atoms with van der Waals surface area (Å²) >= 11 is 0. The van der Waals surface area contributed by atoms with E-state index >= 15 is 0 Å². The molecule has 7 nitrogen and oxygen atoms in total. The smallest absolute Gasteiger partial charge is 0.356 e. The third kappa shape index (κ3) is 3.08. The molecule has 0 saturated heterocycles. The van der Waals surface area contributed by atoms with E-state index < -0.39 is 11.9 Å². The molecule has 0 saturated carbocycles. The second-order valence-corrected chi connectivity index (χ2v) is 5.71. The number of hydrogen-bond donors (Lipinski definition) is 2. The van der Waals surface area contributed by atoms with Crippen molar-refractivity contribution >= 4 is 11.9 Å². The first kappa shape index (κ1) is 15.2. The van der Waals surface area contributed by atoms with Gasteiger partial charge in [-0.2, -0.15) is 5.10 Å². The van der Waals surface area contributed by atoms with Crippen LogP contribution < -0.4 is 0 Å². The molecule has 0 spiro atoms. The molecule has 0 aromatic carbocycles. The van der Waals surface area contributed by atoms with Crippen molar-refractivity contribution in [2.24, 2.45) is 0 Å². The fraction of sp³-hybridized carbons (Fsp3) is 0.375. The van der Waals surface area contributed by atoms with E-state index in [1.165, 1.54) is 0 Å². The van der Waals surface area contributed by atoms with Gasteiger partial charge in [0.05, 0.1) is 13.0 Å². The molecule has 1 aliphatic carbocycles. The van der Waals surface area contributed by atoms with Crippen LogP contribution in [0.4, 0.5) is 0 Å². The zero-order valence-corrected chi connectivity index (χ0v) is 12.5. The Hall–Kier alpha value is -2.70. The number of aromatic carboxylic acids is 1. The van der Waals surface area contributed by atoms with Crippen LogP contribution in [0.3, 0.4) is 0 Å². The summed E-state index contributed by atoms with van der Waals surface area (Å²) in [6, 6.07) is 3.71. The Morgan fingerprint density at radius 3 is 2.65 bits per heavy atom. The lowest BCUT2D eigenvalue weighted by Gasteiger charge is -2.22. The number of carboxylic acid groups (broad SMARTS) is 2. The monoisotopic (exact) mass is 315 g/mol. The summed E-state index contributed by atoms with van der Waals surface area (Å²) in [5.74, 6) is -2.30. The fourth-order valence-corrected chi connectivity index (χ4v) is 3.23. The number of rotatable bonds is 5. The van der Waals surface area contributed by atoms with Crippen molar-refractivity contribution in [3.05, 3.63) is 47.0 Å². The molecule has 0 amide bonds. The van der Waals surface area contributed by atoms with Crippen LogP contribution in [0, 0.1) is 0 Å². The van der Waals surface area contributed by atoms with E-state index in [0.717, 1.165) is 24.1 Å². The van der Waals surface area contributed by atoms with Crippen LogP contribution in [0.5, 0.6) is 0 Å². The average molecular weight is 315 g/mol. The van der Waals surface area contributed by atoms with Gasteiger partial charge in [-0.15, -0.1) is 0 Å². The molecular formula is C16H17N3O4. The Morgan fingerprint density at radius 1 is 1.26 bits per heavy atom. The first-order valence-corrected chi connectivity index (χ1v) is 7.50. The highest BCUT2D eigenvalue weighted by Crippen LogP contribution is 2.36. The molecule has 0 bridgehead atoms. The van der Waals surface area contributed by atoms with E-state index in [2.05, 4.69) is 10.1 Å². The van der Waals surface area contributed by atoms with Crippen LogP contribution in [-0.2, 0) is 17.8 Å². The lowest BCUT2D eigenvalue weighted by atomic mass is 9.83. The quantitative estimate of drug-likeness (QED) is 0.873. The van der Waals surface area contributed by atoms with Gasteiger partial charge in [-0.25, -0.2) is 4.79 Å². The molecule has 120 valence electrons. The highest BCUT2D eigenvalue weighted by Gasteiger charge is 2.32. The molecule has 1 aliphatic rings. The molecular weight excluding hydrogens is 298 g/mol. The first-order valence-electron chi connectivity index (χ1n) is 7.50. The van der Waals surface area contributed by atoms with Crippen molar-refractivity contribution in [3.8, 4) is 0 Å². The second kappa shape index (κ2) is 6.20. The average Bonchev–Trinajstić information content (AvgIpc) is 2.88. The van der Waals surface area contributed by atoms with E-state index in [1.807, 2.05) is 12.1 Å². The van der Waals surface area contributed by atoms with Crippen LogP contribution >= 0.6 is 0 Å². The summed E-state index contributed by atoms with van der Waals surface area (Å²) in [5, 5.41) is 22.8. The molecule has 3 rings (SSSR count). The lowest BCUT2D eigenvalue weighted by molar-refractivity contribution is -0.137. The van der Waals surface area contributed by atoms with Crippen molar-refractivity contribution in [2.45, 2.75) is 38.1 Å². The highest BCUT2D eigenvalue weighted by atomic mass is 16.4. The summed E-state index contributed by atoms with van der Waals surface area (Å²) in [4.78, 5) is 26.6. The summed E-state index contributed by atoms with van der Waals surface area (Å²) in [6.45, 7) is 0.456. The standard InChI is InChI=1S/C16H17N3O4/c20-13(21)8-11-2-1-3-12-14(11)15(16(22)23)18-19(12)9-10-4-6-17-7-5-10/h4-7,11H,1-3,8-9H2,(H,20,21)(H,22,23). The van der Waals surface area contributed by atoms with Crippen molar-refractivity contribution in [3.63, 3.8) is 0 Å². The molecule has 2 aromatic rings. The van der Waals surface area contributed by atoms with Gasteiger partial charge in [0.2, 0.25) is 0 Å². The van der Waals surface area contributed by atoms with E-state index in [0.29, 0.717) is 18.5 Å². The molecule has 7 heteroatoms. The Balaban J connectivity index is 2.02. The molecule has 2 aromatic heterocycles.